The third-order valence-corrected chi connectivity index (χ3v) is 9.72. The number of thiazole rings is 1. The van der Waals surface area contributed by atoms with Gasteiger partial charge in [-0.25, -0.2) is 0 Å². The number of hydrogen-bond acceptors (Lipinski definition) is 2. The van der Waals surface area contributed by atoms with Crippen LogP contribution in [0.1, 0.15) is 13.8 Å². The molecular formula is C20H21N2S2+. The van der Waals surface area contributed by atoms with Crippen LogP contribution in [0, 0.1) is 0 Å². The van der Waals surface area contributed by atoms with Crippen molar-refractivity contribution in [2.75, 3.05) is 11.4 Å². The lowest BCUT2D eigenvalue weighted by molar-refractivity contribution is -0.386. The number of H-pyrrole nitrogens is 1. The van der Waals surface area contributed by atoms with Gasteiger partial charge in [0.2, 0.25) is 5.52 Å². The maximum atomic E-state index is 4.54. The van der Waals surface area contributed by atoms with Gasteiger partial charge in [0, 0.05) is 17.5 Å². The number of nitrogens with one attached hydrogen (secondary N) is 1. The normalized spacial score (nSPS) is 22.9. The first-order valence-electron chi connectivity index (χ1n) is 8.15. The highest BCUT2D eigenvalue weighted by Gasteiger charge is 2.46. The second kappa shape index (κ2) is 5.80. The Hall–Kier alpha value is -2.04. The quantitative estimate of drug-likeness (QED) is 0.583. The molecule has 0 bridgehead atoms. The zero-order chi connectivity index (χ0) is 16.7. The second-order valence-electron chi connectivity index (χ2n) is 5.75. The minimum Gasteiger partial charge on any atom is -0.336 e. The zero-order valence-electron chi connectivity index (χ0n) is 14.0. The number of hydrogen-bond donors (Lipinski definition) is 0. The van der Waals surface area contributed by atoms with E-state index in [0.29, 0.717) is 0 Å². The van der Waals surface area contributed by atoms with Gasteiger partial charge in [-0.1, -0.05) is 58.3 Å². The van der Waals surface area contributed by atoms with Crippen LogP contribution in [-0.2, 0) is 0 Å². The fourth-order valence-electron chi connectivity index (χ4n) is 3.40. The zero-order valence-corrected chi connectivity index (χ0v) is 15.6. The van der Waals surface area contributed by atoms with Crippen molar-refractivity contribution in [3.63, 3.8) is 0 Å². The molecule has 122 valence electrons. The predicted octanol–water partition coefficient (Wildman–Crippen LogP) is 5.78. The van der Waals surface area contributed by atoms with Crippen molar-refractivity contribution in [3.8, 4) is 0 Å². The molecule has 0 saturated carbocycles. The smallest absolute Gasteiger partial charge is 0.292 e. The molecule has 1 atom stereocenters. The van der Waals surface area contributed by atoms with Crippen molar-refractivity contribution < 1.29 is 4.98 Å². The first-order chi connectivity index (χ1) is 11.7. The molecule has 1 N–H and O–H groups in total. The number of aromatic nitrogens is 1. The van der Waals surface area contributed by atoms with E-state index in [1.54, 1.807) is 0 Å². The molecule has 0 amide bonds. The van der Waals surface area contributed by atoms with Crippen molar-refractivity contribution in [3.05, 3.63) is 71.6 Å². The average Bonchev–Trinajstić information content (AvgIpc) is 3.14. The number of nitrogens with zero attached hydrogens (tertiary/aromatic N) is 1. The molecule has 0 spiro atoms. The third-order valence-electron chi connectivity index (χ3n) is 4.45. The minimum atomic E-state index is -1.44. The lowest BCUT2D eigenvalue weighted by Gasteiger charge is -2.29. The van der Waals surface area contributed by atoms with Crippen LogP contribution in [0.5, 0.6) is 0 Å². The Labute approximate surface area is 148 Å². The summed E-state index contributed by atoms with van der Waals surface area (Å²) in [6.07, 6.45) is 2.18. The number of para-hydroxylation sites is 2. The summed E-state index contributed by atoms with van der Waals surface area (Å²) in [5.74, 6) is 0. The van der Waals surface area contributed by atoms with Crippen LogP contribution in [-0.4, -0.2) is 6.54 Å². The number of benzene rings is 2. The van der Waals surface area contributed by atoms with Crippen LogP contribution in [0.15, 0.2) is 80.9 Å². The van der Waals surface area contributed by atoms with Gasteiger partial charge >= 0.3 is 0 Å². The largest absolute Gasteiger partial charge is 0.336 e. The van der Waals surface area contributed by atoms with Gasteiger partial charge in [0.1, 0.15) is 4.70 Å². The standard InChI is InChI=1S/C20H20N2S2/c1-4-14-24(20-21-16-10-6-8-12-18(16)23-20)15(3)22(5-2)17-11-7-9-13-19(17)24/h4,6-14H,3,5H2,1-2H3/p+1. The summed E-state index contributed by atoms with van der Waals surface area (Å²) in [5.41, 5.74) is 2.50. The van der Waals surface area contributed by atoms with E-state index < -0.39 is 10.0 Å². The summed E-state index contributed by atoms with van der Waals surface area (Å²) in [6.45, 7) is 9.78. The van der Waals surface area contributed by atoms with Crippen molar-refractivity contribution >= 4 is 37.3 Å². The summed E-state index contributed by atoms with van der Waals surface area (Å²) in [4.78, 5) is 7.45. The molecule has 0 fully saturated rings. The lowest BCUT2D eigenvalue weighted by atomic mass is 10.3. The number of rotatable bonds is 3. The lowest BCUT2D eigenvalue weighted by Crippen LogP contribution is -2.19. The maximum absolute atomic E-state index is 4.54. The Balaban J connectivity index is 2.04. The number of anilines is 1. The molecule has 1 unspecified atom stereocenters. The van der Waals surface area contributed by atoms with Crippen LogP contribution < -0.4 is 9.88 Å². The molecule has 0 radical (unpaired) electrons. The van der Waals surface area contributed by atoms with Gasteiger partial charge in [-0.15, -0.1) is 0 Å². The van der Waals surface area contributed by atoms with E-state index in [-0.39, 0.29) is 0 Å². The van der Waals surface area contributed by atoms with Gasteiger partial charge < -0.3 is 4.90 Å². The van der Waals surface area contributed by atoms with Gasteiger partial charge in [0.25, 0.3) is 4.34 Å². The monoisotopic (exact) mass is 353 g/mol. The maximum Gasteiger partial charge on any atom is 0.292 e. The average molecular weight is 354 g/mol. The van der Waals surface area contributed by atoms with Crippen molar-refractivity contribution in [2.45, 2.75) is 23.1 Å². The molecule has 0 saturated heterocycles. The number of allylic oxidation sites excluding steroid dienone is 1. The van der Waals surface area contributed by atoms with Crippen LogP contribution >= 0.6 is 21.4 Å². The molecule has 2 nitrogen and oxygen atoms in total. The Kier molecular flexibility index (Phi) is 3.74. The van der Waals surface area contributed by atoms with Crippen molar-refractivity contribution in [1.82, 2.24) is 0 Å². The Morgan fingerprint density at radius 2 is 1.92 bits per heavy atom. The van der Waals surface area contributed by atoms with E-state index in [2.05, 4.69) is 90.3 Å². The first-order valence-corrected chi connectivity index (χ1v) is 10.7. The minimum absolute atomic E-state index is 0.938. The highest BCUT2D eigenvalue weighted by atomic mass is 32.3. The van der Waals surface area contributed by atoms with E-state index in [9.17, 15) is 0 Å². The van der Waals surface area contributed by atoms with Gasteiger partial charge in [0.05, 0.1) is 10.7 Å². The fraction of sp³-hybridized carbons (Fsp3) is 0.150. The van der Waals surface area contributed by atoms with Gasteiger partial charge in [-0.05, 0) is 37.5 Å². The van der Waals surface area contributed by atoms with E-state index >= 15 is 0 Å². The Morgan fingerprint density at radius 3 is 2.67 bits per heavy atom. The third kappa shape index (κ3) is 2.00. The Morgan fingerprint density at radius 1 is 1.17 bits per heavy atom. The van der Waals surface area contributed by atoms with Crippen LogP contribution in [0.4, 0.5) is 5.69 Å². The van der Waals surface area contributed by atoms with Crippen molar-refractivity contribution in [2.24, 2.45) is 0 Å². The summed E-state index contributed by atoms with van der Waals surface area (Å²) in [5, 5.41) is 3.57. The Bertz CT molecular complexity index is 924. The van der Waals surface area contributed by atoms with Crippen LogP contribution in [0.25, 0.3) is 10.2 Å². The van der Waals surface area contributed by atoms with Gasteiger partial charge in [-0.2, -0.15) is 4.98 Å². The fourth-order valence-corrected chi connectivity index (χ4v) is 8.81. The molecule has 2 aromatic carbocycles. The predicted molar refractivity (Wildman–Crippen MR) is 106 cm³/mol. The summed E-state index contributed by atoms with van der Waals surface area (Å²) in [6, 6.07) is 17.3. The first kappa shape index (κ1) is 15.5. The molecule has 1 aromatic heterocycles. The van der Waals surface area contributed by atoms with Crippen LogP contribution in [0.2, 0.25) is 0 Å². The van der Waals surface area contributed by atoms with Crippen LogP contribution in [0.3, 0.4) is 0 Å². The molecule has 4 rings (SSSR count). The number of fused-ring (bicyclic) bond motifs is 2. The van der Waals surface area contributed by atoms with Gasteiger partial charge in [-0.3, -0.25) is 0 Å². The summed E-state index contributed by atoms with van der Waals surface area (Å²) < 4.78 is 2.60. The molecule has 24 heavy (non-hydrogen) atoms. The molecule has 1 aliphatic heterocycles. The molecular weight excluding hydrogens is 332 g/mol. The second-order valence-corrected chi connectivity index (χ2v) is 9.97. The van der Waals surface area contributed by atoms with E-state index in [1.165, 1.54) is 30.2 Å². The molecule has 3 aromatic rings. The highest BCUT2D eigenvalue weighted by Crippen LogP contribution is 2.75. The SMILES string of the molecule is C=C1N(CC)c2ccccc2S1(C=CC)c1[nH+]c2ccccc2s1. The highest BCUT2D eigenvalue weighted by molar-refractivity contribution is 8.40. The van der Waals surface area contributed by atoms with Crippen molar-refractivity contribution in [1.29, 1.82) is 0 Å². The summed E-state index contributed by atoms with van der Waals surface area (Å²) in [7, 11) is -1.44. The molecule has 4 heteroatoms. The van der Waals surface area contributed by atoms with E-state index in [4.69, 9.17) is 0 Å². The molecule has 0 aliphatic carbocycles. The number of aromatic amines is 1. The van der Waals surface area contributed by atoms with E-state index in [1.807, 2.05) is 11.3 Å². The molecule has 2 heterocycles. The van der Waals surface area contributed by atoms with E-state index in [0.717, 1.165) is 6.54 Å². The topological polar surface area (TPSA) is 17.4 Å². The molecule has 1 aliphatic rings. The van der Waals surface area contributed by atoms with Gasteiger partial charge in [0.15, 0.2) is 0 Å². The summed E-state index contributed by atoms with van der Waals surface area (Å²) >= 11 is 1.86.